The van der Waals surface area contributed by atoms with Gasteiger partial charge >= 0.3 is 0 Å². The highest BCUT2D eigenvalue weighted by Gasteiger charge is 2.10. The van der Waals surface area contributed by atoms with Crippen LogP contribution in [0.25, 0.3) is 11.1 Å². The van der Waals surface area contributed by atoms with Gasteiger partial charge < -0.3 is 21.6 Å². The molecule has 0 saturated heterocycles. The SMILES string of the molecule is N#Cc1cccc(-c2cccc(COc3cc(N)nc(NN)c3N)c2)c1. The van der Waals surface area contributed by atoms with Crippen molar-refractivity contribution < 1.29 is 4.74 Å². The van der Waals surface area contributed by atoms with Crippen molar-refractivity contribution in [2.45, 2.75) is 6.61 Å². The number of ether oxygens (including phenoxy) is 1. The van der Waals surface area contributed by atoms with Crippen LogP contribution < -0.4 is 27.5 Å². The summed E-state index contributed by atoms with van der Waals surface area (Å²) in [5.41, 5.74) is 17.9. The number of nitriles is 1. The fourth-order valence-electron chi connectivity index (χ4n) is 2.55. The zero-order chi connectivity index (χ0) is 18.5. The van der Waals surface area contributed by atoms with Gasteiger partial charge in [-0.25, -0.2) is 10.8 Å². The predicted molar refractivity (Wildman–Crippen MR) is 102 cm³/mol. The number of hydrazine groups is 1. The minimum absolute atomic E-state index is 0.254. The fourth-order valence-corrected chi connectivity index (χ4v) is 2.55. The molecule has 0 aliphatic rings. The Morgan fingerprint density at radius 1 is 1.04 bits per heavy atom. The van der Waals surface area contributed by atoms with Crippen LogP contribution in [-0.2, 0) is 6.61 Å². The van der Waals surface area contributed by atoms with E-state index in [4.69, 9.17) is 27.3 Å². The van der Waals surface area contributed by atoms with Crippen molar-refractivity contribution in [2.75, 3.05) is 16.9 Å². The van der Waals surface area contributed by atoms with Crippen LogP contribution >= 0.6 is 0 Å². The van der Waals surface area contributed by atoms with E-state index >= 15 is 0 Å². The lowest BCUT2D eigenvalue weighted by atomic mass is 10.0. The summed E-state index contributed by atoms with van der Waals surface area (Å²) in [5.74, 6) is 6.30. The molecular weight excluding hydrogens is 328 g/mol. The molecule has 26 heavy (non-hydrogen) atoms. The summed E-state index contributed by atoms with van der Waals surface area (Å²) in [6.45, 7) is 0.295. The maximum absolute atomic E-state index is 9.05. The second-order valence-electron chi connectivity index (χ2n) is 5.63. The lowest BCUT2D eigenvalue weighted by Crippen LogP contribution is -2.13. The summed E-state index contributed by atoms with van der Waals surface area (Å²) in [6, 6.07) is 19.0. The van der Waals surface area contributed by atoms with Crippen molar-refractivity contribution in [3.8, 4) is 22.9 Å². The Morgan fingerprint density at radius 2 is 1.77 bits per heavy atom. The summed E-state index contributed by atoms with van der Waals surface area (Å²) in [7, 11) is 0. The minimum atomic E-state index is 0.254. The number of hydrogen-bond donors (Lipinski definition) is 4. The van der Waals surface area contributed by atoms with Crippen molar-refractivity contribution in [1.82, 2.24) is 4.98 Å². The Hall–Kier alpha value is -3.76. The molecule has 130 valence electrons. The van der Waals surface area contributed by atoms with Gasteiger partial charge in [0.2, 0.25) is 0 Å². The number of benzene rings is 2. The van der Waals surface area contributed by atoms with Gasteiger partial charge in [0.1, 0.15) is 23.9 Å². The van der Waals surface area contributed by atoms with E-state index in [1.807, 2.05) is 42.5 Å². The molecule has 3 aromatic rings. The molecule has 2 aromatic carbocycles. The van der Waals surface area contributed by atoms with Crippen LogP contribution in [0.5, 0.6) is 5.75 Å². The molecule has 7 heteroatoms. The van der Waals surface area contributed by atoms with Gasteiger partial charge in [-0.15, -0.1) is 0 Å². The highest BCUT2D eigenvalue weighted by molar-refractivity contribution is 5.71. The van der Waals surface area contributed by atoms with Gasteiger partial charge in [0.05, 0.1) is 11.6 Å². The number of nitrogens with zero attached hydrogens (tertiary/aromatic N) is 2. The second kappa shape index (κ2) is 7.42. The molecule has 1 heterocycles. The summed E-state index contributed by atoms with van der Waals surface area (Å²) in [4.78, 5) is 3.99. The maximum Gasteiger partial charge on any atom is 0.169 e. The number of hydrogen-bond acceptors (Lipinski definition) is 7. The van der Waals surface area contributed by atoms with Crippen molar-refractivity contribution in [2.24, 2.45) is 5.84 Å². The summed E-state index contributed by atoms with van der Waals surface area (Å²) >= 11 is 0. The van der Waals surface area contributed by atoms with Crippen LogP contribution in [0.3, 0.4) is 0 Å². The van der Waals surface area contributed by atoms with Crippen molar-refractivity contribution in [3.05, 3.63) is 65.7 Å². The standard InChI is InChI=1S/C19H18N6O/c20-10-12-3-1-5-14(7-12)15-6-2-4-13(8-15)11-26-16-9-17(21)24-19(25-23)18(16)22/h1-9H,11,22-23H2,(H3,21,24,25). The molecule has 7 nitrogen and oxygen atoms in total. The first-order chi connectivity index (χ1) is 12.6. The molecular formula is C19H18N6O. The lowest BCUT2D eigenvalue weighted by molar-refractivity contribution is 0.308. The number of anilines is 3. The van der Waals surface area contributed by atoms with Crippen molar-refractivity contribution in [1.29, 1.82) is 5.26 Å². The van der Waals surface area contributed by atoms with Crippen LogP contribution in [0.2, 0.25) is 0 Å². The van der Waals surface area contributed by atoms with Gasteiger partial charge in [0.25, 0.3) is 0 Å². The normalized spacial score (nSPS) is 10.2. The lowest BCUT2D eigenvalue weighted by Gasteiger charge is -2.13. The monoisotopic (exact) mass is 346 g/mol. The summed E-state index contributed by atoms with van der Waals surface area (Å²) in [6.07, 6.45) is 0. The molecule has 0 spiro atoms. The average Bonchev–Trinajstić information content (AvgIpc) is 2.68. The molecule has 0 aliphatic heterocycles. The fraction of sp³-hybridized carbons (Fsp3) is 0.0526. The van der Waals surface area contributed by atoms with Crippen molar-refractivity contribution >= 4 is 17.3 Å². The maximum atomic E-state index is 9.05. The first kappa shape index (κ1) is 17.1. The van der Waals surface area contributed by atoms with Crippen LogP contribution in [0.15, 0.2) is 54.6 Å². The molecule has 7 N–H and O–H groups in total. The molecule has 1 aromatic heterocycles. The number of rotatable bonds is 5. The molecule has 0 fully saturated rings. The number of nitrogens with two attached hydrogens (primary N) is 3. The first-order valence-electron chi connectivity index (χ1n) is 7.85. The third-order valence-electron chi connectivity index (χ3n) is 3.82. The van der Waals surface area contributed by atoms with E-state index in [0.717, 1.165) is 16.7 Å². The molecule has 0 atom stereocenters. The topological polar surface area (TPSA) is 136 Å². The van der Waals surface area contributed by atoms with Gasteiger partial charge in [-0.2, -0.15) is 5.26 Å². The third-order valence-corrected chi connectivity index (χ3v) is 3.82. The number of pyridine rings is 1. The predicted octanol–water partition coefficient (Wildman–Crippen LogP) is 2.65. The van der Waals surface area contributed by atoms with E-state index in [1.165, 1.54) is 0 Å². The van der Waals surface area contributed by atoms with E-state index < -0.39 is 0 Å². The van der Waals surface area contributed by atoms with Crippen LogP contribution in [0.4, 0.5) is 17.3 Å². The highest BCUT2D eigenvalue weighted by Crippen LogP contribution is 2.30. The Bertz CT molecular complexity index is 980. The molecule has 0 aliphatic carbocycles. The van der Waals surface area contributed by atoms with Gasteiger partial charge in [0.15, 0.2) is 5.82 Å². The number of nitrogens with one attached hydrogen (secondary N) is 1. The minimum Gasteiger partial charge on any atom is -0.486 e. The Balaban J connectivity index is 1.82. The van der Waals surface area contributed by atoms with E-state index in [2.05, 4.69) is 16.5 Å². The van der Waals surface area contributed by atoms with Gasteiger partial charge in [-0.1, -0.05) is 30.3 Å². The Kier molecular flexibility index (Phi) is 4.87. The molecule has 0 amide bonds. The molecule has 0 radical (unpaired) electrons. The largest absolute Gasteiger partial charge is 0.486 e. The zero-order valence-corrected chi connectivity index (χ0v) is 13.9. The second-order valence-corrected chi connectivity index (χ2v) is 5.63. The highest BCUT2D eigenvalue weighted by atomic mass is 16.5. The average molecular weight is 346 g/mol. The Morgan fingerprint density at radius 3 is 2.50 bits per heavy atom. The third kappa shape index (κ3) is 3.66. The molecule has 3 rings (SSSR count). The van der Waals surface area contributed by atoms with Gasteiger partial charge in [0, 0.05) is 6.07 Å². The number of aromatic nitrogens is 1. The van der Waals surface area contributed by atoms with Crippen LogP contribution in [-0.4, -0.2) is 4.98 Å². The molecule has 0 bridgehead atoms. The Labute approximate surface area is 151 Å². The number of nitrogen functional groups attached to an aromatic ring is 3. The van der Waals surface area contributed by atoms with Gasteiger partial charge in [-0.05, 0) is 34.9 Å². The zero-order valence-electron chi connectivity index (χ0n) is 13.9. The first-order valence-corrected chi connectivity index (χ1v) is 7.85. The van der Waals surface area contributed by atoms with Crippen LogP contribution in [0.1, 0.15) is 11.1 Å². The van der Waals surface area contributed by atoms with Crippen LogP contribution in [0, 0.1) is 11.3 Å². The summed E-state index contributed by atoms with van der Waals surface area (Å²) in [5, 5.41) is 9.05. The molecule has 0 unspecified atom stereocenters. The van der Waals surface area contributed by atoms with Gasteiger partial charge in [-0.3, -0.25) is 0 Å². The molecule has 0 saturated carbocycles. The summed E-state index contributed by atoms with van der Waals surface area (Å²) < 4.78 is 5.79. The van der Waals surface area contributed by atoms with E-state index in [9.17, 15) is 0 Å². The van der Waals surface area contributed by atoms with Crippen molar-refractivity contribution in [3.63, 3.8) is 0 Å². The van der Waals surface area contributed by atoms with E-state index in [0.29, 0.717) is 23.6 Å². The van der Waals surface area contributed by atoms with E-state index in [-0.39, 0.29) is 11.6 Å². The van der Waals surface area contributed by atoms with E-state index in [1.54, 1.807) is 12.1 Å². The quantitative estimate of drug-likeness (QED) is 0.412. The smallest absolute Gasteiger partial charge is 0.169 e.